The molecule has 5 heteroatoms. The Balaban J connectivity index is 1.93. The number of anilines is 1. The fraction of sp³-hybridized carbons (Fsp3) is 0.364. The molecule has 1 fully saturated rings. The Kier molecular flexibility index (Phi) is 3.26. The molecule has 5 nitrogen and oxygen atoms in total. The van der Waals surface area contributed by atoms with E-state index in [2.05, 4.69) is 5.32 Å². The van der Waals surface area contributed by atoms with Crippen LogP contribution in [0.3, 0.4) is 0 Å². The Labute approximate surface area is 94.2 Å². The first-order valence-corrected chi connectivity index (χ1v) is 5.29. The standard InChI is InChI=1S/C11H15N3O2/c12-9-1-3-10(4-2-9)16-11(15)14-7-5-13-6-8-14/h1-4,13H,5-8,12H2. The summed E-state index contributed by atoms with van der Waals surface area (Å²) in [6, 6.07) is 6.80. The number of amides is 1. The van der Waals surface area contributed by atoms with Crippen molar-refractivity contribution in [2.45, 2.75) is 0 Å². The second-order valence-corrected chi connectivity index (χ2v) is 3.67. The molecule has 3 N–H and O–H groups in total. The maximum Gasteiger partial charge on any atom is 0.415 e. The summed E-state index contributed by atoms with van der Waals surface area (Å²) in [4.78, 5) is 13.4. The van der Waals surface area contributed by atoms with Gasteiger partial charge in [0.25, 0.3) is 0 Å². The molecule has 16 heavy (non-hydrogen) atoms. The van der Waals surface area contributed by atoms with Crippen LogP contribution in [0.4, 0.5) is 10.5 Å². The van der Waals surface area contributed by atoms with Crippen LogP contribution in [0.1, 0.15) is 0 Å². The van der Waals surface area contributed by atoms with Crippen molar-refractivity contribution < 1.29 is 9.53 Å². The molecule has 0 unspecified atom stereocenters. The lowest BCUT2D eigenvalue weighted by Gasteiger charge is -2.26. The molecule has 1 aliphatic heterocycles. The van der Waals surface area contributed by atoms with Gasteiger partial charge in [0.05, 0.1) is 0 Å². The number of benzene rings is 1. The smallest absolute Gasteiger partial charge is 0.410 e. The average Bonchev–Trinajstić information content (AvgIpc) is 2.33. The zero-order valence-electron chi connectivity index (χ0n) is 8.98. The topological polar surface area (TPSA) is 67.6 Å². The number of hydrogen-bond acceptors (Lipinski definition) is 4. The van der Waals surface area contributed by atoms with Crippen LogP contribution in [0.5, 0.6) is 5.75 Å². The third-order valence-electron chi connectivity index (χ3n) is 2.46. The van der Waals surface area contributed by atoms with Crippen molar-refractivity contribution in [1.82, 2.24) is 10.2 Å². The van der Waals surface area contributed by atoms with Gasteiger partial charge in [0.2, 0.25) is 0 Å². The number of ether oxygens (including phenoxy) is 1. The molecule has 1 aromatic rings. The molecule has 1 amide bonds. The number of nitrogens with one attached hydrogen (secondary N) is 1. The minimum absolute atomic E-state index is 0.300. The SMILES string of the molecule is Nc1ccc(OC(=O)N2CCNCC2)cc1. The molecule has 0 bridgehead atoms. The molecule has 0 saturated carbocycles. The molecule has 1 aromatic carbocycles. The number of carbonyl (C=O) groups excluding carboxylic acids is 1. The van der Waals surface area contributed by atoms with Gasteiger partial charge >= 0.3 is 6.09 Å². The minimum Gasteiger partial charge on any atom is -0.410 e. The van der Waals surface area contributed by atoms with Gasteiger partial charge in [-0.05, 0) is 24.3 Å². The summed E-state index contributed by atoms with van der Waals surface area (Å²) in [6.07, 6.45) is -0.300. The summed E-state index contributed by atoms with van der Waals surface area (Å²) >= 11 is 0. The number of hydrogen-bond donors (Lipinski definition) is 2. The molecule has 1 saturated heterocycles. The van der Waals surface area contributed by atoms with Crippen molar-refractivity contribution in [2.75, 3.05) is 31.9 Å². The second kappa shape index (κ2) is 4.85. The van der Waals surface area contributed by atoms with Crippen molar-refractivity contribution in [2.24, 2.45) is 0 Å². The highest BCUT2D eigenvalue weighted by Crippen LogP contribution is 2.14. The zero-order valence-corrected chi connectivity index (χ0v) is 8.98. The van der Waals surface area contributed by atoms with Crippen LogP contribution in [-0.2, 0) is 0 Å². The van der Waals surface area contributed by atoms with Crippen LogP contribution >= 0.6 is 0 Å². The zero-order chi connectivity index (χ0) is 11.4. The van der Waals surface area contributed by atoms with E-state index in [4.69, 9.17) is 10.5 Å². The van der Waals surface area contributed by atoms with Gasteiger partial charge in [-0.2, -0.15) is 0 Å². The number of piperazine rings is 1. The summed E-state index contributed by atoms with van der Waals surface area (Å²) in [7, 11) is 0. The highest BCUT2D eigenvalue weighted by atomic mass is 16.6. The molecule has 0 aliphatic carbocycles. The number of nitrogens with zero attached hydrogens (tertiary/aromatic N) is 1. The van der Waals surface area contributed by atoms with E-state index in [9.17, 15) is 4.79 Å². The van der Waals surface area contributed by atoms with Gasteiger partial charge in [0.15, 0.2) is 0 Å². The fourth-order valence-corrected chi connectivity index (χ4v) is 1.55. The van der Waals surface area contributed by atoms with Gasteiger partial charge in [0.1, 0.15) is 5.75 Å². The third-order valence-corrected chi connectivity index (χ3v) is 2.46. The van der Waals surface area contributed by atoms with E-state index in [-0.39, 0.29) is 6.09 Å². The highest BCUT2D eigenvalue weighted by molar-refractivity contribution is 5.71. The lowest BCUT2D eigenvalue weighted by Crippen LogP contribution is -2.47. The van der Waals surface area contributed by atoms with E-state index in [0.717, 1.165) is 13.1 Å². The number of nitrogen functional groups attached to an aromatic ring is 1. The van der Waals surface area contributed by atoms with Crippen LogP contribution in [-0.4, -0.2) is 37.2 Å². The first kappa shape index (κ1) is 10.8. The van der Waals surface area contributed by atoms with Crippen molar-refractivity contribution in [1.29, 1.82) is 0 Å². The van der Waals surface area contributed by atoms with Crippen LogP contribution in [0.2, 0.25) is 0 Å². The monoisotopic (exact) mass is 221 g/mol. The summed E-state index contributed by atoms with van der Waals surface area (Å²) in [5.41, 5.74) is 6.20. The van der Waals surface area contributed by atoms with Crippen molar-refractivity contribution in [3.8, 4) is 5.75 Å². The van der Waals surface area contributed by atoms with E-state index >= 15 is 0 Å². The van der Waals surface area contributed by atoms with Crippen molar-refractivity contribution >= 4 is 11.8 Å². The van der Waals surface area contributed by atoms with Gasteiger partial charge in [-0.15, -0.1) is 0 Å². The number of carbonyl (C=O) groups is 1. The number of nitrogens with two attached hydrogens (primary N) is 1. The average molecular weight is 221 g/mol. The Bertz CT molecular complexity index is 358. The fourth-order valence-electron chi connectivity index (χ4n) is 1.55. The highest BCUT2D eigenvalue weighted by Gasteiger charge is 2.17. The summed E-state index contributed by atoms with van der Waals surface area (Å²) in [6.45, 7) is 3.01. The van der Waals surface area contributed by atoms with Crippen molar-refractivity contribution in [3.63, 3.8) is 0 Å². The molecule has 0 spiro atoms. The maximum absolute atomic E-state index is 11.7. The number of rotatable bonds is 1. The van der Waals surface area contributed by atoms with Crippen molar-refractivity contribution in [3.05, 3.63) is 24.3 Å². The molecule has 2 rings (SSSR count). The molecule has 1 heterocycles. The molecule has 86 valence electrons. The van der Waals surface area contributed by atoms with Gasteiger partial charge in [0, 0.05) is 31.9 Å². The largest absolute Gasteiger partial charge is 0.415 e. The van der Waals surface area contributed by atoms with Gasteiger partial charge in [-0.25, -0.2) is 4.79 Å². The normalized spacial score (nSPS) is 15.9. The summed E-state index contributed by atoms with van der Waals surface area (Å²) in [5, 5.41) is 3.17. The van der Waals surface area contributed by atoms with E-state index in [1.54, 1.807) is 29.2 Å². The Morgan fingerprint density at radius 3 is 2.50 bits per heavy atom. The summed E-state index contributed by atoms with van der Waals surface area (Å²) < 4.78 is 5.21. The first-order chi connectivity index (χ1) is 7.75. The van der Waals surface area contributed by atoms with Gasteiger partial charge in [-0.1, -0.05) is 0 Å². The molecular weight excluding hydrogens is 206 g/mol. The second-order valence-electron chi connectivity index (χ2n) is 3.67. The molecule has 1 aliphatic rings. The van der Waals surface area contributed by atoms with E-state index in [1.807, 2.05) is 0 Å². The Hall–Kier alpha value is -1.75. The molecule has 0 aromatic heterocycles. The third kappa shape index (κ3) is 2.64. The maximum atomic E-state index is 11.7. The van der Waals surface area contributed by atoms with Crippen LogP contribution < -0.4 is 15.8 Å². The quantitative estimate of drug-likeness (QED) is 0.684. The predicted molar refractivity (Wildman–Crippen MR) is 61.3 cm³/mol. The summed E-state index contributed by atoms with van der Waals surface area (Å²) in [5.74, 6) is 0.526. The lowest BCUT2D eigenvalue weighted by molar-refractivity contribution is 0.146. The molecule has 0 radical (unpaired) electrons. The molecular formula is C11H15N3O2. The van der Waals surface area contributed by atoms with E-state index in [1.165, 1.54) is 0 Å². The van der Waals surface area contributed by atoms with E-state index < -0.39 is 0 Å². The van der Waals surface area contributed by atoms with Crippen LogP contribution in [0.25, 0.3) is 0 Å². The molecule has 0 atom stereocenters. The van der Waals surface area contributed by atoms with E-state index in [0.29, 0.717) is 24.5 Å². The van der Waals surface area contributed by atoms with Gasteiger partial charge in [-0.3, -0.25) is 0 Å². The predicted octanol–water partition coefficient (Wildman–Crippen LogP) is 0.673. The minimum atomic E-state index is -0.300. The lowest BCUT2D eigenvalue weighted by atomic mass is 10.3. The van der Waals surface area contributed by atoms with Gasteiger partial charge < -0.3 is 20.7 Å². The Morgan fingerprint density at radius 1 is 1.25 bits per heavy atom. The first-order valence-electron chi connectivity index (χ1n) is 5.29. The van der Waals surface area contributed by atoms with Crippen LogP contribution in [0, 0.1) is 0 Å². The Morgan fingerprint density at radius 2 is 1.88 bits per heavy atom. The van der Waals surface area contributed by atoms with Crippen LogP contribution in [0.15, 0.2) is 24.3 Å².